The maximum atomic E-state index is 5.91. The number of nitrogens with two attached hydrogens (primary N) is 1. The van der Waals surface area contributed by atoms with E-state index in [9.17, 15) is 0 Å². The number of anilines is 2. The highest BCUT2D eigenvalue weighted by Gasteiger charge is 2.26. The van der Waals surface area contributed by atoms with Crippen molar-refractivity contribution in [3.8, 4) is 5.88 Å². The summed E-state index contributed by atoms with van der Waals surface area (Å²) in [5, 5.41) is 0. The van der Waals surface area contributed by atoms with Crippen molar-refractivity contribution < 1.29 is 4.74 Å². The highest BCUT2D eigenvalue weighted by molar-refractivity contribution is 5.46. The van der Waals surface area contributed by atoms with Gasteiger partial charge in [0.1, 0.15) is 11.6 Å². The van der Waals surface area contributed by atoms with E-state index in [1.54, 1.807) is 0 Å². The number of nitrogen functional groups attached to an aromatic ring is 1. The highest BCUT2D eigenvalue weighted by Crippen LogP contribution is 2.30. The smallest absolute Gasteiger partial charge is 0.225 e. The van der Waals surface area contributed by atoms with E-state index in [0.717, 1.165) is 50.7 Å². The Bertz CT molecular complexity index is 743. The molecule has 1 aliphatic heterocycles. The number of ether oxygens (including phenoxy) is 1. The molecule has 148 valence electrons. The van der Waals surface area contributed by atoms with E-state index in [4.69, 9.17) is 10.5 Å². The molecule has 2 N–H and O–H groups in total. The first kappa shape index (κ1) is 19.4. The van der Waals surface area contributed by atoms with Gasteiger partial charge in [-0.2, -0.15) is 9.97 Å². The molecule has 1 aliphatic rings. The molecular formula is C19H31N7O. The van der Waals surface area contributed by atoms with E-state index in [0.29, 0.717) is 11.8 Å². The first-order valence-corrected chi connectivity index (χ1v) is 9.64. The van der Waals surface area contributed by atoms with E-state index in [1.807, 2.05) is 26.1 Å². The summed E-state index contributed by atoms with van der Waals surface area (Å²) in [5.74, 6) is 3.14. The topological polar surface area (TPSA) is 85.3 Å². The minimum absolute atomic E-state index is 0.0467. The molecule has 27 heavy (non-hydrogen) atoms. The molecule has 8 nitrogen and oxygen atoms in total. The van der Waals surface area contributed by atoms with Crippen LogP contribution in [0.1, 0.15) is 38.4 Å². The Hall–Kier alpha value is -2.35. The number of hydrogen-bond acceptors (Lipinski definition) is 7. The summed E-state index contributed by atoms with van der Waals surface area (Å²) in [7, 11) is 4.19. The summed E-state index contributed by atoms with van der Waals surface area (Å²) < 4.78 is 7.99. The number of hydrogen-bond donors (Lipinski definition) is 1. The van der Waals surface area contributed by atoms with Gasteiger partial charge >= 0.3 is 0 Å². The zero-order valence-corrected chi connectivity index (χ0v) is 16.8. The van der Waals surface area contributed by atoms with Crippen molar-refractivity contribution >= 4 is 11.8 Å². The van der Waals surface area contributed by atoms with Gasteiger partial charge in [-0.15, -0.1) is 0 Å². The van der Waals surface area contributed by atoms with Crippen LogP contribution >= 0.6 is 0 Å². The van der Waals surface area contributed by atoms with Crippen molar-refractivity contribution in [2.45, 2.75) is 45.3 Å². The molecule has 2 aromatic heterocycles. The van der Waals surface area contributed by atoms with Crippen LogP contribution in [-0.4, -0.2) is 64.3 Å². The molecule has 3 rings (SSSR count). The third kappa shape index (κ3) is 5.09. The average Bonchev–Trinajstić information content (AvgIpc) is 3.07. The average molecular weight is 374 g/mol. The zero-order valence-electron chi connectivity index (χ0n) is 16.8. The van der Waals surface area contributed by atoms with Gasteiger partial charge in [0.25, 0.3) is 0 Å². The number of piperidine rings is 1. The molecule has 0 spiro atoms. The fourth-order valence-electron chi connectivity index (χ4n) is 3.47. The predicted octanol–water partition coefficient (Wildman–Crippen LogP) is 1.99. The van der Waals surface area contributed by atoms with Gasteiger partial charge in [-0.25, -0.2) is 4.98 Å². The van der Waals surface area contributed by atoms with E-state index < -0.39 is 0 Å². The molecule has 2 aromatic rings. The number of likely N-dealkylation sites (N-methyl/N-ethyl adjacent to an activating group) is 1. The van der Waals surface area contributed by atoms with Crippen LogP contribution in [0, 0.1) is 0 Å². The largest absolute Gasteiger partial charge is 0.475 e. The molecule has 0 amide bonds. The third-order valence-corrected chi connectivity index (χ3v) is 4.71. The fraction of sp³-hybridized carbons (Fsp3) is 0.632. The second kappa shape index (κ2) is 8.56. The summed E-state index contributed by atoms with van der Waals surface area (Å²) in [5.41, 5.74) is 5.91. The van der Waals surface area contributed by atoms with Gasteiger partial charge in [0.15, 0.2) is 0 Å². The van der Waals surface area contributed by atoms with Gasteiger partial charge < -0.3 is 24.8 Å². The standard InChI is InChI=1S/C19H31N7O/c1-14(2)27-17-12-16(22-19(20)23-17)26-8-5-6-15(13-26)18-21-7-9-25(18)11-10-24(3)4/h7,9,12,14-15H,5-6,8,10-11,13H2,1-4H3,(H2,20,22,23)/t15-/m0/s1. The molecule has 0 aliphatic carbocycles. The van der Waals surface area contributed by atoms with Gasteiger partial charge in [-0.1, -0.05) is 0 Å². The van der Waals surface area contributed by atoms with E-state index in [-0.39, 0.29) is 12.1 Å². The van der Waals surface area contributed by atoms with E-state index in [1.165, 1.54) is 0 Å². The second-order valence-electron chi connectivity index (χ2n) is 7.66. The van der Waals surface area contributed by atoms with E-state index in [2.05, 4.69) is 49.6 Å². The molecule has 1 atom stereocenters. The molecule has 0 saturated carbocycles. The lowest BCUT2D eigenvalue weighted by Gasteiger charge is -2.33. The van der Waals surface area contributed by atoms with Crippen LogP contribution < -0.4 is 15.4 Å². The molecule has 0 aromatic carbocycles. The van der Waals surface area contributed by atoms with Gasteiger partial charge in [0.2, 0.25) is 11.8 Å². The van der Waals surface area contributed by atoms with Gasteiger partial charge in [-0.3, -0.25) is 0 Å². The first-order valence-electron chi connectivity index (χ1n) is 9.64. The minimum Gasteiger partial charge on any atom is -0.475 e. The molecule has 0 unspecified atom stereocenters. The van der Waals surface area contributed by atoms with Crippen LogP contribution in [0.5, 0.6) is 5.88 Å². The molecule has 1 fully saturated rings. The van der Waals surface area contributed by atoms with Crippen molar-refractivity contribution in [1.82, 2.24) is 24.4 Å². The monoisotopic (exact) mass is 373 g/mol. The maximum Gasteiger partial charge on any atom is 0.225 e. The van der Waals surface area contributed by atoms with Crippen LogP contribution in [0.25, 0.3) is 0 Å². The van der Waals surface area contributed by atoms with Crippen molar-refractivity contribution in [2.75, 3.05) is 44.4 Å². The number of rotatable bonds is 7. The Labute approximate surface area is 161 Å². The normalized spacial score (nSPS) is 17.7. The van der Waals surface area contributed by atoms with Crippen molar-refractivity contribution in [3.63, 3.8) is 0 Å². The molecule has 0 radical (unpaired) electrons. The quantitative estimate of drug-likeness (QED) is 0.794. The van der Waals surface area contributed by atoms with Crippen LogP contribution in [0.4, 0.5) is 11.8 Å². The maximum absolute atomic E-state index is 5.91. The molecular weight excluding hydrogens is 342 g/mol. The fourth-order valence-corrected chi connectivity index (χ4v) is 3.47. The van der Waals surface area contributed by atoms with Crippen LogP contribution in [-0.2, 0) is 6.54 Å². The first-order chi connectivity index (χ1) is 12.9. The van der Waals surface area contributed by atoms with Crippen LogP contribution in [0.3, 0.4) is 0 Å². The third-order valence-electron chi connectivity index (χ3n) is 4.71. The summed E-state index contributed by atoms with van der Waals surface area (Å²) >= 11 is 0. The lowest BCUT2D eigenvalue weighted by molar-refractivity contribution is 0.232. The van der Waals surface area contributed by atoms with E-state index >= 15 is 0 Å². The number of nitrogens with zero attached hydrogens (tertiary/aromatic N) is 6. The molecule has 0 bridgehead atoms. The number of aromatic nitrogens is 4. The van der Waals surface area contributed by atoms with Crippen molar-refractivity contribution in [1.29, 1.82) is 0 Å². The highest BCUT2D eigenvalue weighted by atomic mass is 16.5. The molecule has 1 saturated heterocycles. The summed E-state index contributed by atoms with van der Waals surface area (Å²) in [4.78, 5) is 17.7. The lowest BCUT2D eigenvalue weighted by Crippen LogP contribution is -2.36. The van der Waals surface area contributed by atoms with Gasteiger partial charge in [0, 0.05) is 50.6 Å². The minimum atomic E-state index is 0.0467. The Morgan fingerprint density at radius 3 is 2.89 bits per heavy atom. The summed E-state index contributed by atoms with van der Waals surface area (Å²) in [6, 6.07) is 1.89. The SMILES string of the molecule is CC(C)Oc1cc(N2CCC[C@H](c3nccn3CCN(C)C)C2)nc(N)n1. The molecule has 8 heteroatoms. The van der Waals surface area contributed by atoms with Crippen LogP contribution in [0.15, 0.2) is 18.5 Å². The second-order valence-corrected chi connectivity index (χ2v) is 7.66. The van der Waals surface area contributed by atoms with Gasteiger partial charge in [0.05, 0.1) is 6.10 Å². The zero-order chi connectivity index (χ0) is 19.4. The Morgan fingerprint density at radius 2 is 2.15 bits per heavy atom. The lowest BCUT2D eigenvalue weighted by atomic mass is 9.97. The van der Waals surface area contributed by atoms with Crippen LogP contribution in [0.2, 0.25) is 0 Å². The summed E-state index contributed by atoms with van der Waals surface area (Å²) in [6.07, 6.45) is 6.25. The predicted molar refractivity (Wildman–Crippen MR) is 107 cm³/mol. The number of imidazole rings is 1. The Morgan fingerprint density at radius 1 is 1.33 bits per heavy atom. The molecule has 3 heterocycles. The summed E-state index contributed by atoms with van der Waals surface area (Å²) in [6.45, 7) is 7.72. The Balaban J connectivity index is 1.75. The van der Waals surface area contributed by atoms with Crippen molar-refractivity contribution in [2.24, 2.45) is 0 Å². The Kier molecular flexibility index (Phi) is 6.15. The van der Waals surface area contributed by atoms with Gasteiger partial charge in [-0.05, 0) is 40.8 Å². The van der Waals surface area contributed by atoms with Crippen molar-refractivity contribution in [3.05, 3.63) is 24.3 Å².